The molecule has 0 aliphatic carbocycles. The van der Waals surface area contributed by atoms with Gasteiger partial charge in [-0.05, 0) is 180 Å². The van der Waals surface area contributed by atoms with Gasteiger partial charge in [-0.25, -0.2) is 33.6 Å². The number of rotatable bonds is 18. The first-order valence-electron chi connectivity index (χ1n) is 22.7. The van der Waals surface area contributed by atoms with Gasteiger partial charge < -0.3 is 61.9 Å². The third-order valence-electron chi connectivity index (χ3n) is 8.86. The number of aliphatic hydroxyl groups excluding tert-OH is 1. The maximum atomic E-state index is 13.7. The summed E-state index contributed by atoms with van der Waals surface area (Å²) in [7, 11) is 0. The summed E-state index contributed by atoms with van der Waals surface area (Å²) in [6, 6.07) is 21.2. The van der Waals surface area contributed by atoms with Crippen LogP contribution in [-0.2, 0) is 37.9 Å². The lowest BCUT2D eigenvalue weighted by molar-refractivity contribution is -0.259. The smallest absolute Gasteiger partial charge is 0.461 e. The van der Waals surface area contributed by atoms with Crippen LogP contribution in [0, 0.1) is 5.41 Å². The number of esters is 4. The molecule has 1 atom stereocenters. The molecule has 1 N–H and O–H groups in total. The molecule has 0 radical (unpaired) electrons. The first-order valence-corrected chi connectivity index (χ1v) is 22.7. The molecule has 0 aromatic heterocycles. The van der Waals surface area contributed by atoms with Gasteiger partial charge in [-0.3, -0.25) is 0 Å². The lowest BCUT2D eigenvalue weighted by Crippen LogP contribution is -2.44. The maximum absolute atomic E-state index is 13.7. The van der Waals surface area contributed by atoms with Crippen LogP contribution in [0.15, 0.2) is 97.1 Å². The van der Waals surface area contributed by atoms with Crippen molar-refractivity contribution in [1.29, 1.82) is 0 Å². The molecule has 0 amide bonds. The summed E-state index contributed by atoms with van der Waals surface area (Å²) in [6.07, 6.45) is -2.93. The highest BCUT2D eigenvalue weighted by molar-refractivity contribution is 5.91. The molecule has 0 heterocycles. The van der Waals surface area contributed by atoms with Gasteiger partial charge in [-0.2, -0.15) is 0 Å². The Morgan fingerprint density at radius 1 is 0.370 bits per heavy atom. The predicted molar refractivity (Wildman–Crippen MR) is 257 cm³/mol. The predicted octanol–water partition coefficient (Wildman–Crippen LogP) is 9.81. The van der Waals surface area contributed by atoms with Crippen molar-refractivity contribution in [2.75, 3.05) is 26.4 Å². The van der Waals surface area contributed by atoms with Gasteiger partial charge in [-0.1, -0.05) is 0 Å². The average Bonchev–Trinajstić information content (AvgIpc) is 3.26. The second kappa shape index (κ2) is 24.6. The fraction of sp³-hybridized carbons (Fsp3) is 0.415. The molecule has 73 heavy (non-hydrogen) atoms. The lowest BCUT2D eigenvalue weighted by Gasteiger charge is -2.31. The van der Waals surface area contributed by atoms with E-state index in [1.807, 2.05) is 0 Å². The number of aliphatic hydroxyl groups is 1. The normalized spacial score (nSPS) is 12.2. The van der Waals surface area contributed by atoms with E-state index in [-0.39, 0.29) is 45.3 Å². The van der Waals surface area contributed by atoms with Crippen LogP contribution < -0.4 is 18.9 Å². The molecule has 394 valence electrons. The first-order chi connectivity index (χ1) is 33.8. The highest BCUT2D eigenvalue weighted by Crippen LogP contribution is 2.27. The Hall–Kier alpha value is -7.71. The van der Waals surface area contributed by atoms with E-state index in [1.54, 1.807) is 83.1 Å². The van der Waals surface area contributed by atoms with Gasteiger partial charge >= 0.3 is 48.8 Å². The molecular formula is C53H62O20. The molecule has 4 aromatic carbocycles. The fourth-order valence-electron chi connectivity index (χ4n) is 5.65. The van der Waals surface area contributed by atoms with Crippen LogP contribution in [0.1, 0.15) is 125 Å². The summed E-state index contributed by atoms with van der Waals surface area (Å²) in [4.78, 5) is 91.3. The molecule has 0 saturated carbocycles. The highest BCUT2D eigenvalue weighted by Gasteiger charge is 2.39. The summed E-state index contributed by atoms with van der Waals surface area (Å²) in [5.41, 5.74) is -5.16. The van der Waals surface area contributed by atoms with E-state index in [0.29, 0.717) is 0 Å². The first kappa shape index (κ1) is 57.9. The minimum atomic E-state index is -1.84. The van der Waals surface area contributed by atoms with Crippen LogP contribution in [0.4, 0.5) is 14.4 Å². The standard InChI is InChI=1S/C53H62O20/c1-49(2,3)70-45(58)66-37-21-13-33(14-22-37)41(54)62-29-53(30-63-42(55)34-15-23-38(24-16-34)67-46(59)71-50(4,5)6,31-64-43(56)35-17-25-39(26-18-35)68-47(60)72-51(7,8)9)32-65-44(57)36-19-27-40(28-20-36)69-48(61)73-52(10,11)12/h13-28,45,58H,29-32H2,1-12H3. The number of benzene rings is 4. The molecule has 0 bridgehead atoms. The second-order valence-electron chi connectivity index (χ2n) is 20.3. The molecule has 1 unspecified atom stereocenters. The molecule has 0 fully saturated rings. The van der Waals surface area contributed by atoms with Crippen molar-refractivity contribution in [2.45, 2.75) is 112 Å². The Kier molecular flexibility index (Phi) is 19.5. The van der Waals surface area contributed by atoms with E-state index in [1.165, 1.54) is 97.1 Å². The van der Waals surface area contributed by atoms with Crippen LogP contribution in [0.25, 0.3) is 0 Å². The summed E-state index contributed by atoms with van der Waals surface area (Å²) >= 11 is 0. The number of carbonyl (C=O) groups excluding carboxylic acids is 7. The molecule has 0 saturated heterocycles. The summed E-state index contributed by atoms with van der Waals surface area (Å²) in [5, 5.41) is 10.2. The van der Waals surface area contributed by atoms with Gasteiger partial charge in [0.1, 0.15) is 71.6 Å². The van der Waals surface area contributed by atoms with E-state index in [4.69, 9.17) is 56.8 Å². The zero-order chi connectivity index (χ0) is 54.4. The van der Waals surface area contributed by atoms with Gasteiger partial charge in [0, 0.05) is 0 Å². The van der Waals surface area contributed by atoms with E-state index >= 15 is 0 Å². The van der Waals surface area contributed by atoms with Crippen molar-refractivity contribution in [2.24, 2.45) is 5.41 Å². The molecule has 0 spiro atoms. The molecule has 20 nitrogen and oxygen atoms in total. The van der Waals surface area contributed by atoms with Gasteiger partial charge in [0.15, 0.2) is 0 Å². The molecule has 20 heteroatoms. The quantitative estimate of drug-likeness (QED) is 0.0421. The minimum Gasteiger partial charge on any atom is -0.461 e. The Morgan fingerprint density at radius 2 is 0.603 bits per heavy atom. The zero-order valence-corrected chi connectivity index (χ0v) is 42.8. The number of hydrogen-bond donors (Lipinski definition) is 1. The number of carbonyl (C=O) groups is 7. The van der Waals surface area contributed by atoms with Gasteiger partial charge in [-0.15, -0.1) is 0 Å². The van der Waals surface area contributed by atoms with Crippen molar-refractivity contribution in [3.05, 3.63) is 119 Å². The van der Waals surface area contributed by atoms with Crippen LogP contribution >= 0.6 is 0 Å². The molecular weight excluding hydrogens is 957 g/mol. The highest BCUT2D eigenvalue weighted by atomic mass is 16.8. The van der Waals surface area contributed by atoms with Crippen LogP contribution in [0.3, 0.4) is 0 Å². The maximum Gasteiger partial charge on any atom is 0.514 e. The van der Waals surface area contributed by atoms with E-state index in [2.05, 4.69) is 0 Å². The monoisotopic (exact) mass is 1020 g/mol. The summed E-state index contributed by atoms with van der Waals surface area (Å²) in [5.74, 6) is -3.44. The van der Waals surface area contributed by atoms with Crippen molar-refractivity contribution in [3.63, 3.8) is 0 Å². The summed E-state index contributed by atoms with van der Waals surface area (Å²) in [6.45, 7) is 15.6. The number of hydrogen-bond acceptors (Lipinski definition) is 20. The zero-order valence-electron chi connectivity index (χ0n) is 42.8. The average molecular weight is 1020 g/mol. The van der Waals surface area contributed by atoms with E-state index in [9.17, 15) is 38.7 Å². The van der Waals surface area contributed by atoms with Crippen molar-refractivity contribution < 1.29 is 95.5 Å². The summed E-state index contributed by atoms with van der Waals surface area (Å²) < 4.78 is 64.8. The molecule has 4 aromatic rings. The molecule has 4 rings (SSSR count). The van der Waals surface area contributed by atoms with Crippen molar-refractivity contribution in [3.8, 4) is 23.0 Å². The van der Waals surface area contributed by atoms with E-state index in [0.717, 1.165) is 0 Å². The second-order valence-corrected chi connectivity index (χ2v) is 20.3. The van der Waals surface area contributed by atoms with Crippen LogP contribution in [0.2, 0.25) is 0 Å². The molecule has 0 aliphatic heterocycles. The lowest BCUT2D eigenvalue weighted by atomic mass is 9.92. The van der Waals surface area contributed by atoms with Crippen LogP contribution in [-0.4, -0.2) is 103 Å². The van der Waals surface area contributed by atoms with Gasteiger partial charge in [0.05, 0.1) is 27.9 Å². The Morgan fingerprint density at radius 3 is 0.822 bits per heavy atom. The fourth-order valence-corrected chi connectivity index (χ4v) is 5.65. The third-order valence-corrected chi connectivity index (χ3v) is 8.86. The Balaban J connectivity index is 1.64. The molecule has 0 aliphatic rings. The van der Waals surface area contributed by atoms with E-state index < -0.39 is 103 Å². The largest absolute Gasteiger partial charge is 0.514 e. The van der Waals surface area contributed by atoms with Crippen molar-refractivity contribution in [1.82, 2.24) is 0 Å². The Labute approximate surface area is 422 Å². The SMILES string of the molecule is CC(C)(C)OC(=O)Oc1ccc(C(=O)OCC(COC(=O)c2ccc(OC(=O)OC(C)(C)C)cc2)(COC(=O)c2ccc(OC(=O)OC(C)(C)C)cc2)COC(=O)c2ccc(OC(O)OC(C)(C)C)cc2)cc1. The van der Waals surface area contributed by atoms with Gasteiger partial charge in [0.25, 0.3) is 0 Å². The Bertz CT molecular complexity index is 2310. The number of ether oxygens (including phenoxy) is 12. The van der Waals surface area contributed by atoms with Crippen molar-refractivity contribution >= 4 is 42.3 Å². The van der Waals surface area contributed by atoms with Gasteiger partial charge in [0.2, 0.25) is 0 Å². The topological polar surface area (TPSA) is 250 Å². The minimum absolute atomic E-state index is 0.00506. The third kappa shape index (κ3) is 21.3. The van der Waals surface area contributed by atoms with Crippen LogP contribution in [0.5, 0.6) is 23.0 Å².